The maximum Gasteiger partial charge on any atom is 0.317 e. The third kappa shape index (κ3) is 5.70. The molecule has 0 radical (unpaired) electrons. The largest absolute Gasteiger partial charge is 0.461 e. The quantitative estimate of drug-likeness (QED) is 0.280. The SMILES string of the molecule is COCCOc1nccc(-c2[nH]c(C3(C(N)=O)OCC(C)(C(=O)OCC#N)CO3)nc2-c2ccc(F)cc2)n1. The van der Waals surface area contributed by atoms with Crippen LogP contribution in [0.25, 0.3) is 22.6 Å². The summed E-state index contributed by atoms with van der Waals surface area (Å²) in [7, 11) is 1.53. The number of nitrogens with one attached hydrogen (secondary N) is 1. The molecule has 3 heterocycles. The van der Waals surface area contributed by atoms with Crippen molar-refractivity contribution >= 4 is 11.9 Å². The van der Waals surface area contributed by atoms with Gasteiger partial charge in [0.1, 0.15) is 23.9 Å². The number of aromatic amines is 1. The average molecular weight is 541 g/mol. The molecule has 0 saturated carbocycles. The summed E-state index contributed by atoms with van der Waals surface area (Å²) in [4.78, 5) is 41.2. The molecule has 0 atom stereocenters. The Hall–Kier alpha value is -4.45. The van der Waals surface area contributed by atoms with Crippen molar-refractivity contribution in [3.8, 4) is 34.7 Å². The Morgan fingerprint density at radius 1 is 1.18 bits per heavy atom. The number of H-pyrrole nitrogens is 1. The molecular weight excluding hydrogens is 515 g/mol. The number of esters is 1. The summed E-state index contributed by atoms with van der Waals surface area (Å²) in [5.74, 6) is -4.56. The molecule has 0 bridgehead atoms. The van der Waals surface area contributed by atoms with Crippen molar-refractivity contribution in [1.82, 2.24) is 19.9 Å². The molecule has 0 aliphatic carbocycles. The maximum atomic E-state index is 13.7. The highest BCUT2D eigenvalue weighted by atomic mass is 19.1. The Balaban J connectivity index is 1.74. The summed E-state index contributed by atoms with van der Waals surface area (Å²) in [6.07, 6.45) is 1.47. The number of nitrogens with zero attached hydrogens (tertiary/aromatic N) is 4. The fourth-order valence-corrected chi connectivity index (χ4v) is 3.69. The molecule has 1 amide bonds. The van der Waals surface area contributed by atoms with Crippen molar-refractivity contribution in [3.05, 3.63) is 48.2 Å². The molecule has 1 aliphatic rings. The number of imidazole rings is 1. The van der Waals surface area contributed by atoms with Crippen molar-refractivity contribution in [2.75, 3.05) is 40.1 Å². The van der Waals surface area contributed by atoms with Crippen LogP contribution in [0, 0.1) is 22.6 Å². The summed E-state index contributed by atoms with van der Waals surface area (Å²) in [5.41, 5.74) is 5.80. The van der Waals surface area contributed by atoms with Crippen molar-refractivity contribution in [2.24, 2.45) is 11.1 Å². The Morgan fingerprint density at radius 2 is 1.90 bits per heavy atom. The first kappa shape index (κ1) is 27.6. The van der Waals surface area contributed by atoms with Crippen LogP contribution in [0.3, 0.4) is 0 Å². The highest BCUT2D eigenvalue weighted by molar-refractivity contribution is 5.85. The lowest BCUT2D eigenvalue weighted by Crippen LogP contribution is -2.56. The van der Waals surface area contributed by atoms with E-state index in [9.17, 15) is 14.0 Å². The van der Waals surface area contributed by atoms with E-state index in [1.807, 2.05) is 0 Å². The van der Waals surface area contributed by atoms with Crippen LogP contribution >= 0.6 is 0 Å². The van der Waals surface area contributed by atoms with E-state index in [1.165, 1.54) is 44.5 Å². The van der Waals surface area contributed by atoms with Gasteiger partial charge in [-0.3, -0.25) is 9.59 Å². The molecule has 13 nitrogen and oxygen atoms in total. The first-order valence-corrected chi connectivity index (χ1v) is 11.7. The number of hydrogen-bond donors (Lipinski definition) is 2. The molecular formula is C25H25FN6O7. The first-order valence-electron chi connectivity index (χ1n) is 11.7. The highest BCUT2D eigenvalue weighted by Crippen LogP contribution is 2.39. The number of carbonyl (C=O) groups excluding carboxylic acids is 2. The zero-order valence-electron chi connectivity index (χ0n) is 21.1. The molecule has 4 rings (SSSR count). The zero-order chi connectivity index (χ0) is 28.0. The number of carbonyl (C=O) groups is 2. The molecule has 14 heteroatoms. The summed E-state index contributed by atoms with van der Waals surface area (Å²) < 4.78 is 40.6. The minimum absolute atomic E-state index is 0.0622. The smallest absolute Gasteiger partial charge is 0.317 e. The molecule has 1 aromatic carbocycles. The Kier molecular flexibility index (Phi) is 8.15. The highest BCUT2D eigenvalue weighted by Gasteiger charge is 2.54. The third-order valence-electron chi connectivity index (χ3n) is 5.81. The van der Waals surface area contributed by atoms with Gasteiger partial charge in [-0.2, -0.15) is 10.2 Å². The Morgan fingerprint density at radius 3 is 2.54 bits per heavy atom. The number of benzene rings is 1. The van der Waals surface area contributed by atoms with Gasteiger partial charge in [0, 0.05) is 18.9 Å². The van der Waals surface area contributed by atoms with Crippen molar-refractivity contribution < 1.29 is 37.7 Å². The number of aromatic nitrogens is 4. The maximum absolute atomic E-state index is 13.7. The van der Waals surface area contributed by atoms with E-state index in [1.54, 1.807) is 12.1 Å². The van der Waals surface area contributed by atoms with Gasteiger partial charge in [-0.05, 0) is 37.3 Å². The van der Waals surface area contributed by atoms with E-state index >= 15 is 0 Å². The Labute approximate surface area is 222 Å². The van der Waals surface area contributed by atoms with E-state index in [0.717, 1.165) is 0 Å². The second kappa shape index (κ2) is 11.5. The predicted octanol–water partition coefficient (Wildman–Crippen LogP) is 1.46. The number of nitriles is 1. The summed E-state index contributed by atoms with van der Waals surface area (Å²) in [6.45, 7) is 0.928. The minimum Gasteiger partial charge on any atom is -0.461 e. The van der Waals surface area contributed by atoms with Crippen LogP contribution in [0.2, 0.25) is 0 Å². The number of rotatable bonds is 10. The third-order valence-corrected chi connectivity index (χ3v) is 5.81. The van der Waals surface area contributed by atoms with Crippen LogP contribution in [0.1, 0.15) is 12.7 Å². The monoisotopic (exact) mass is 540 g/mol. The Bertz CT molecular complexity index is 1380. The van der Waals surface area contributed by atoms with Crippen LogP contribution in [0.4, 0.5) is 4.39 Å². The molecule has 1 saturated heterocycles. The van der Waals surface area contributed by atoms with Crippen LogP contribution in [0.5, 0.6) is 6.01 Å². The fourth-order valence-electron chi connectivity index (χ4n) is 3.69. The van der Waals surface area contributed by atoms with Gasteiger partial charge in [0.25, 0.3) is 5.91 Å². The molecule has 39 heavy (non-hydrogen) atoms. The fraction of sp³-hybridized carbons (Fsp3) is 0.360. The van der Waals surface area contributed by atoms with Gasteiger partial charge < -0.3 is 34.4 Å². The summed E-state index contributed by atoms with van der Waals surface area (Å²) >= 11 is 0. The number of hydrogen-bond acceptors (Lipinski definition) is 11. The van der Waals surface area contributed by atoms with E-state index in [-0.39, 0.29) is 37.3 Å². The van der Waals surface area contributed by atoms with Gasteiger partial charge in [-0.25, -0.2) is 14.4 Å². The van der Waals surface area contributed by atoms with E-state index in [4.69, 9.17) is 34.7 Å². The topological polar surface area (TPSA) is 185 Å². The summed E-state index contributed by atoms with van der Waals surface area (Å²) in [6, 6.07) is 8.86. The molecule has 2 aromatic heterocycles. The van der Waals surface area contributed by atoms with Gasteiger partial charge in [-0.1, -0.05) is 0 Å². The normalized spacial score (nSPS) is 20.7. The van der Waals surface area contributed by atoms with Gasteiger partial charge >= 0.3 is 17.8 Å². The standard InChI is InChI=1S/C25H25FN6O7/c1-24(22(34)36-10-8-27)13-38-25(20(28)33,39-14-24)21-31-18(15-3-5-16(26)6-4-15)19(32-21)17-7-9-29-23(30-17)37-12-11-35-2/h3-7,9H,10-14H2,1-2H3,(H2,28,33)(H,31,32). The lowest BCUT2D eigenvalue weighted by molar-refractivity contribution is -0.293. The van der Waals surface area contributed by atoms with Crippen LogP contribution in [-0.4, -0.2) is 72.0 Å². The molecule has 0 spiro atoms. The second-order valence-corrected chi connectivity index (χ2v) is 8.73. The lowest BCUT2D eigenvalue weighted by Gasteiger charge is -2.40. The van der Waals surface area contributed by atoms with Gasteiger partial charge in [0.05, 0.1) is 36.9 Å². The summed E-state index contributed by atoms with van der Waals surface area (Å²) in [5, 5.41) is 8.70. The average Bonchev–Trinajstić information content (AvgIpc) is 3.39. The number of nitrogens with two attached hydrogens (primary N) is 1. The van der Waals surface area contributed by atoms with Crippen molar-refractivity contribution in [3.63, 3.8) is 0 Å². The van der Waals surface area contributed by atoms with Gasteiger partial charge in [0.15, 0.2) is 12.4 Å². The van der Waals surface area contributed by atoms with Crippen LogP contribution in [0.15, 0.2) is 36.5 Å². The number of primary amides is 1. The minimum atomic E-state index is -2.20. The first-order chi connectivity index (χ1) is 18.7. The van der Waals surface area contributed by atoms with Crippen molar-refractivity contribution in [1.29, 1.82) is 5.26 Å². The second-order valence-electron chi connectivity index (χ2n) is 8.73. The number of methoxy groups -OCH3 is 1. The molecule has 1 fully saturated rings. The van der Waals surface area contributed by atoms with Gasteiger partial charge in [-0.15, -0.1) is 0 Å². The van der Waals surface area contributed by atoms with E-state index < -0.39 is 35.5 Å². The molecule has 204 valence electrons. The predicted molar refractivity (Wildman–Crippen MR) is 130 cm³/mol. The van der Waals surface area contributed by atoms with Crippen molar-refractivity contribution in [2.45, 2.75) is 12.7 Å². The number of amides is 1. The molecule has 0 unspecified atom stereocenters. The lowest BCUT2D eigenvalue weighted by atomic mass is 9.91. The van der Waals surface area contributed by atoms with E-state index in [0.29, 0.717) is 23.6 Å². The van der Waals surface area contributed by atoms with E-state index in [2.05, 4.69) is 19.9 Å². The zero-order valence-corrected chi connectivity index (χ0v) is 21.1. The molecule has 3 N–H and O–H groups in total. The number of halogens is 1. The molecule has 1 aliphatic heterocycles. The molecule has 3 aromatic rings. The van der Waals surface area contributed by atoms with Crippen LogP contribution < -0.4 is 10.5 Å². The van der Waals surface area contributed by atoms with Gasteiger partial charge in [0.2, 0.25) is 0 Å². The number of ether oxygens (including phenoxy) is 5. The van der Waals surface area contributed by atoms with Crippen LogP contribution in [-0.2, 0) is 34.3 Å².